The highest BCUT2D eigenvalue weighted by molar-refractivity contribution is 7.92. The molecule has 2 heterocycles. The molecule has 1 atom stereocenters. The van der Waals surface area contributed by atoms with Crippen molar-refractivity contribution in [1.29, 1.82) is 0 Å². The molecule has 34 heavy (non-hydrogen) atoms. The highest BCUT2D eigenvalue weighted by Crippen LogP contribution is 2.36. The van der Waals surface area contributed by atoms with Crippen molar-refractivity contribution in [3.8, 4) is 0 Å². The second kappa shape index (κ2) is 10.1. The summed E-state index contributed by atoms with van der Waals surface area (Å²) in [5.41, 5.74) is 1.86. The van der Waals surface area contributed by atoms with Gasteiger partial charge >= 0.3 is 6.09 Å². The van der Waals surface area contributed by atoms with Crippen LogP contribution >= 0.6 is 11.6 Å². The molecule has 2 N–H and O–H groups in total. The van der Waals surface area contributed by atoms with Crippen molar-refractivity contribution in [2.45, 2.75) is 24.2 Å². The predicted molar refractivity (Wildman–Crippen MR) is 130 cm³/mol. The van der Waals surface area contributed by atoms with Gasteiger partial charge < -0.3 is 19.9 Å². The maximum absolute atomic E-state index is 13.1. The number of ether oxygens (including phenoxy) is 1. The molecule has 4 rings (SSSR count). The van der Waals surface area contributed by atoms with Crippen LogP contribution in [0.25, 0.3) is 0 Å². The van der Waals surface area contributed by atoms with Crippen molar-refractivity contribution in [3.63, 3.8) is 0 Å². The number of amides is 2. The summed E-state index contributed by atoms with van der Waals surface area (Å²) in [5.74, 6) is 0.0463. The van der Waals surface area contributed by atoms with E-state index in [0.717, 1.165) is 5.56 Å². The van der Waals surface area contributed by atoms with Gasteiger partial charge in [-0.3, -0.25) is 9.52 Å². The molecule has 0 radical (unpaired) electrons. The molecule has 9 nitrogen and oxygen atoms in total. The second-order valence-corrected chi connectivity index (χ2v) is 10.3. The molecule has 2 aliphatic heterocycles. The van der Waals surface area contributed by atoms with E-state index in [1.165, 1.54) is 0 Å². The third-order valence-electron chi connectivity index (χ3n) is 5.99. The molecular weight excluding hydrogens is 480 g/mol. The van der Waals surface area contributed by atoms with Crippen molar-refractivity contribution in [2.24, 2.45) is 0 Å². The lowest BCUT2D eigenvalue weighted by molar-refractivity contribution is -0.119. The molecule has 2 saturated heterocycles. The molecule has 0 unspecified atom stereocenters. The summed E-state index contributed by atoms with van der Waals surface area (Å²) in [6, 6.07) is 11.6. The van der Waals surface area contributed by atoms with Crippen LogP contribution in [0.15, 0.2) is 47.4 Å². The average Bonchev–Trinajstić information content (AvgIpc) is 3.26. The number of nitrogens with zero attached hydrogens (tertiary/aromatic N) is 2. The van der Waals surface area contributed by atoms with Gasteiger partial charge in [-0.05, 0) is 36.8 Å². The summed E-state index contributed by atoms with van der Waals surface area (Å²) in [5, 5.41) is 3.20. The quantitative estimate of drug-likeness (QED) is 0.623. The average molecular weight is 507 g/mol. The summed E-state index contributed by atoms with van der Waals surface area (Å²) in [7, 11) is -3.88. The Labute approximate surface area is 204 Å². The largest absolute Gasteiger partial charge is 0.450 e. The van der Waals surface area contributed by atoms with Crippen LogP contribution in [0.5, 0.6) is 0 Å². The van der Waals surface area contributed by atoms with Crippen LogP contribution in [-0.2, 0) is 19.6 Å². The second-order valence-electron chi connectivity index (χ2n) is 8.19. The van der Waals surface area contributed by atoms with Crippen molar-refractivity contribution in [2.75, 3.05) is 49.0 Å². The summed E-state index contributed by atoms with van der Waals surface area (Å²) in [4.78, 5) is 27.2. The number of rotatable bonds is 6. The minimum atomic E-state index is -3.88. The van der Waals surface area contributed by atoms with Gasteiger partial charge in [0.25, 0.3) is 10.0 Å². The Morgan fingerprint density at radius 3 is 2.47 bits per heavy atom. The Kier molecular flexibility index (Phi) is 7.18. The molecule has 2 aromatic rings. The Hall–Kier alpha value is -2.98. The van der Waals surface area contributed by atoms with Crippen LogP contribution < -0.4 is 14.9 Å². The van der Waals surface area contributed by atoms with Gasteiger partial charge in [0.15, 0.2) is 0 Å². The molecule has 0 spiro atoms. The molecule has 2 fully saturated rings. The van der Waals surface area contributed by atoms with E-state index in [1.54, 1.807) is 54.3 Å². The predicted octanol–water partition coefficient (Wildman–Crippen LogP) is 3.02. The number of carbonyl (C=O) groups is 2. The number of carbonyl (C=O) groups excluding carboxylic acids is 2. The summed E-state index contributed by atoms with van der Waals surface area (Å²) in [6.07, 6.45) is 0.0445. The van der Waals surface area contributed by atoms with Crippen molar-refractivity contribution >= 4 is 45.0 Å². The number of benzene rings is 2. The topological polar surface area (TPSA) is 108 Å². The lowest BCUT2D eigenvalue weighted by Gasteiger charge is -2.36. The van der Waals surface area contributed by atoms with E-state index in [9.17, 15) is 18.0 Å². The van der Waals surface area contributed by atoms with Crippen LogP contribution in [0.2, 0.25) is 5.02 Å². The number of halogens is 1. The van der Waals surface area contributed by atoms with Gasteiger partial charge in [0.05, 0.1) is 27.9 Å². The standard InChI is InChI=1S/C23H27ClN4O5S/c1-2-33-23(30)28-12-10-27(11-13-28)22-19(24)4-3-5-20(22)26-34(31,32)18-8-6-16(7-9-18)17-14-21(29)25-15-17/h3-9,17,26H,2,10-15H2,1H3,(H,25,29)/t17-/m0/s1. The minimum Gasteiger partial charge on any atom is -0.450 e. The maximum atomic E-state index is 13.1. The van der Waals surface area contributed by atoms with Crippen LogP contribution in [0.4, 0.5) is 16.2 Å². The first-order valence-corrected chi connectivity index (χ1v) is 13.0. The van der Waals surface area contributed by atoms with Crippen molar-refractivity contribution in [1.82, 2.24) is 10.2 Å². The number of sulfonamides is 1. The highest BCUT2D eigenvalue weighted by Gasteiger charge is 2.27. The number of hydrogen-bond donors (Lipinski definition) is 2. The van der Waals surface area contributed by atoms with Crippen LogP contribution in [0.1, 0.15) is 24.8 Å². The zero-order valence-corrected chi connectivity index (χ0v) is 20.4. The molecule has 2 aromatic carbocycles. The number of piperazine rings is 1. The van der Waals surface area contributed by atoms with Crippen molar-refractivity contribution in [3.05, 3.63) is 53.1 Å². The zero-order chi connectivity index (χ0) is 24.3. The number of hydrogen-bond acceptors (Lipinski definition) is 6. The monoisotopic (exact) mass is 506 g/mol. The van der Waals surface area contributed by atoms with E-state index in [2.05, 4.69) is 10.0 Å². The van der Waals surface area contributed by atoms with Crippen molar-refractivity contribution < 1.29 is 22.7 Å². The van der Waals surface area contributed by atoms with E-state index >= 15 is 0 Å². The van der Waals surface area contributed by atoms with Gasteiger partial charge in [0.2, 0.25) is 5.91 Å². The fraction of sp³-hybridized carbons (Fsp3) is 0.391. The Morgan fingerprint density at radius 2 is 1.85 bits per heavy atom. The normalized spacial score (nSPS) is 18.5. The Morgan fingerprint density at radius 1 is 1.15 bits per heavy atom. The van der Waals surface area contributed by atoms with E-state index in [0.29, 0.717) is 62.1 Å². The lowest BCUT2D eigenvalue weighted by Crippen LogP contribution is -2.49. The molecular formula is C23H27ClN4O5S. The fourth-order valence-corrected chi connectivity index (χ4v) is 5.57. The Bertz CT molecular complexity index is 1160. The first-order chi connectivity index (χ1) is 16.3. The zero-order valence-electron chi connectivity index (χ0n) is 18.8. The molecule has 11 heteroatoms. The van der Waals surface area contributed by atoms with Crippen LogP contribution in [0, 0.1) is 0 Å². The summed E-state index contributed by atoms with van der Waals surface area (Å²) in [6.45, 7) is 4.48. The minimum absolute atomic E-state index is 0.0000561. The van der Waals surface area contributed by atoms with Gasteiger partial charge in [0.1, 0.15) is 0 Å². The van der Waals surface area contributed by atoms with E-state index in [-0.39, 0.29) is 22.8 Å². The number of nitrogens with one attached hydrogen (secondary N) is 2. The summed E-state index contributed by atoms with van der Waals surface area (Å²) >= 11 is 6.48. The third-order valence-corrected chi connectivity index (χ3v) is 7.68. The highest BCUT2D eigenvalue weighted by atomic mass is 35.5. The lowest BCUT2D eigenvalue weighted by atomic mass is 9.99. The third kappa shape index (κ3) is 5.23. The van der Waals surface area contributed by atoms with E-state index < -0.39 is 10.0 Å². The molecule has 2 aliphatic rings. The van der Waals surface area contributed by atoms with Gasteiger partial charge in [-0.25, -0.2) is 13.2 Å². The van der Waals surface area contributed by atoms with Crippen LogP contribution in [0.3, 0.4) is 0 Å². The van der Waals surface area contributed by atoms with Gasteiger partial charge in [-0.1, -0.05) is 29.8 Å². The molecule has 0 saturated carbocycles. The fourth-order valence-electron chi connectivity index (χ4n) is 4.21. The first-order valence-electron chi connectivity index (χ1n) is 11.1. The van der Waals surface area contributed by atoms with Gasteiger partial charge in [0, 0.05) is 45.1 Å². The molecule has 182 valence electrons. The first kappa shape index (κ1) is 24.2. The number of anilines is 2. The van der Waals surface area contributed by atoms with E-state index in [4.69, 9.17) is 16.3 Å². The number of para-hydroxylation sites is 1. The van der Waals surface area contributed by atoms with Gasteiger partial charge in [-0.15, -0.1) is 0 Å². The molecule has 0 bridgehead atoms. The maximum Gasteiger partial charge on any atom is 0.409 e. The molecule has 2 amide bonds. The molecule has 0 aliphatic carbocycles. The van der Waals surface area contributed by atoms with Gasteiger partial charge in [-0.2, -0.15) is 0 Å². The SMILES string of the molecule is CCOC(=O)N1CCN(c2c(Cl)cccc2NS(=O)(=O)c2ccc([C@@H]3CNC(=O)C3)cc2)CC1. The van der Waals surface area contributed by atoms with Crippen LogP contribution in [-0.4, -0.2) is 64.6 Å². The van der Waals surface area contributed by atoms with E-state index in [1.807, 2.05) is 4.90 Å². The smallest absolute Gasteiger partial charge is 0.409 e. The molecule has 0 aromatic heterocycles. The Balaban J connectivity index is 1.50. The summed E-state index contributed by atoms with van der Waals surface area (Å²) < 4.78 is 34.0.